The van der Waals surface area contributed by atoms with E-state index in [4.69, 9.17) is 0 Å². The minimum absolute atomic E-state index is 0. The van der Waals surface area contributed by atoms with Crippen molar-refractivity contribution in [1.82, 2.24) is 58.7 Å². The number of aryl methyl sites for hydroxylation is 6. The molecule has 0 aliphatic rings. The van der Waals surface area contributed by atoms with Gasteiger partial charge in [0.05, 0.1) is 102 Å². The maximum Gasteiger partial charge on any atom is 3.00 e. The monoisotopic (exact) mass is 1640 g/mol. The van der Waals surface area contributed by atoms with Gasteiger partial charge < -0.3 is 30.6 Å². The number of hydrogen-bond acceptors (Lipinski definition) is 18. The topological polar surface area (TPSA) is 348 Å². The number of Topliss-reactive ketones (excluding diaryl/α,β-unsaturated/α-hetero) is 6. The van der Waals surface area contributed by atoms with Crippen LogP contribution in [0.2, 0.25) is 0 Å². The number of carbonyl (C=O) groups is 6. The number of carbonyl (C=O) groups excluding carboxylic acids is 6. The Labute approximate surface area is 691 Å². The van der Waals surface area contributed by atoms with Crippen LogP contribution in [-0.2, 0) is 65.4 Å². The summed E-state index contributed by atoms with van der Waals surface area (Å²) in [7, 11) is 0. The Hall–Kier alpha value is -10.4. The molecule has 0 radical (unpaired) electrons. The van der Waals surface area contributed by atoms with Crippen molar-refractivity contribution < 1.29 is 125 Å². The summed E-state index contributed by atoms with van der Waals surface area (Å²) in [6, 6.07) is 54.6. The minimum atomic E-state index is -0.336. The Bertz CT molecular complexity index is 4260. The van der Waals surface area contributed by atoms with Crippen LogP contribution in [0.1, 0.15) is 179 Å². The second-order valence-electron chi connectivity index (χ2n) is 27.2. The van der Waals surface area contributed by atoms with E-state index in [1.54, 1.807) is 197 Å². The summed E-state index contributed by atoms with van der Waals surface area (Å²) in [6.45, 7) is 31.5. The van der Waals surface area contributed by atoms with Crippen molar-refractivity contribution in [3.63, 3.8) is 0 Å². The van der Waals surface area contributed by atoms with Crippen molar-refractivity contribution in [3.8, 4) is 69.4 Å². The Kier molecular flexibility index (Phi) is 33.5. The number of nitrogens with zero attached hydrogens (tertiary/aromatic N) is 12. The third kappa shape index (κ3) is 21.5. The van der Waals surface area contributed by atoms with Crippen molar-refractivity contribution in [2.75, 3.05) is 0 Å². The van der Waals surface area contributed by atoms with Crippen LogP contribution < -0.4 is 30.6 Å². The van der Waals surface area contributed by atoms with Gasteiger partial charge >= 0.3 is 65.4 Å². The van der Waals surface area contributed by atoms with Crippen LogP contribution in [0.5, 0.6) is 35.3 Å². The fraction of sp³-hybridized carbons (Fsp3) is 0.286. The number of benzene rings is 6. The molecule has 26 heteroatoms. The second kappa shape index (κ2) is 40.9. The first-order valence-electron chi connectivity index (χ1n) is 35.3. The average molecular weight is 1640 g/mol. The first-order valence-corrected chi connectivity index (χ1v) is 35.3. The van der Waals surface area contributed by atoms with E-state index in [2.05, 4.69) is 30.6 Å². The van der Waals surface area contributed by atoms with Crippen LogP contribution in [0.15, 0.2) is 182 Å². The fourth-order valence-corrected chi connectivity index (χ4v) is 10.9. The summed E-state index contributed by atoms with van der Waals surface area (Å²) in [6.07, 6.45) is 0. The molecular weight excluding hydrogens is 1550 g/mol. The van der Waals surface area contributed by atoms with Crippen LogP contribution in [0.25, 0.3) is 34.1 Å². The molecule has 110 heavy (non-hydrogen) atoms. The van der Waals surface area contributed by atoms with Gasteiger partial charge in [0.15, 0.2) is 34.7 Å². The Morgan fingerprint density at radius 3 is 0.409 bits per heavy atom. The maximum atomic E-state index is 12.2. The van der Waals surface area contributed by atoms with E-state index >= 15 is 0 Å². The molecule has 0 spiro atoms. The van der Waals surface area contributed by atoms with Crippen LogP contribution in [-0.4, -0.2) is 93.4 Å². The van der Waals surface area contributed by atoms with Crippen molar-refractivity contribution >= 4 is 34.7 Å². The summed E-state index contributed by atoms with van der Waals surface area (Å²) in [5.41, 5.74) is 8.19. The van der Waals surface area contributed by atoms with Crippen molar-refractivity contribution in [3.05, 3.63) is 250 Å². The average Bonchev–Trinajstić information content (AvgIpc) is 1.70. The van der Waals surface area contributed by atoms with E-state index in [1.807, 2.05) is 109 Å². The molecule has 12 aromatic rings. The summed E-state index contributed by atoms with van der Waals surface area (Å²) in [5.74, 6) is -4.16. The van der Waals surface area contributed by atoms with Gasteiger partial charge in [0.25, 0.3) is 0 Å². The van der Waals surface area contributed by atoms with Crippen LogP contribution in [0.3, 0.4) is 0 Å². The molecule has 0 bridgehead atoms. The zero-order chi connectivity index (χ0) is 79.7. The third-order valence-corrected chi connectivity index (χ3v) is 16.7. The standard InChI is InChI=1S/6C14H16N2O2.2Y/c6*1-9(2)13(17)12-10(3)15-16(14(12)18)11-7-5-4-6-8-11;;/h6*4-9,18H,1-3H3;;/q;;;;;;2*+3/p-6. The number of ketones is 6. The van der Waals surface area contributed by atoms with Gasteiger partial charge in [-0.3, -0.25) is 28.8 Å². The van der Waals surface area contributed by atoms with Gasteiger partial charge in [-0.15, -0.1) is 0 Å². The molecule has 6 aromatic carbocycles. The molecule has 0 saturated heterocycles. The van der Waals surface area contributed by atoms with Crippen LogP contribution in [0, 0.1) is 77.0 Å². The molecule has 0 aliphatic carbocycles. The van der Waals surface area contributed by atoms with Gasteiger partial charge in [-0.05, 0) is 114 Å². The number of para-hydroxylation sites is 6. The van der Waals surface area contributed by atoms with Gasteiger partial charge in [0, 0.05) is 70.8 Å². The Morgan fingerprint density at radius 2 is 0.318 bits per heavy atom. The molecule has 12 rings (SSSR count). The quantitative estimate of drug-likeness (QED) is 0.0720. The summed E-state index contributed by atoms with van der Waals surface area (Å²) >= 11 is 0. The van der Waals surface area contributed by atoms with E-state index in [1.165, 1.54) is 28.1 Å². The first-order chi connectivity index (χ1) is 51.1. The molecule has 0 amide bonds. The van der Waals surface area contributed by atoms with Crippen molar-refractivity contribution in [1.29, 1.82) is 0 Å². The van der Waals surface area contributed by atoms with Crippen molar-refractivity contribution in [2.24, 2.45) is 35.5 Å². The van der Waals surface area contributed by atoms with Crippen LogP contribution in [0.4, 0.5) is 0 Å². The molecule has 0 fully saturated rings. The maximum absolute atomic E-state index is 12.2. The molecule has 6 aromatic heterocycles. The second-order valence-corrected chi connectivity index (χ2v) is 27.2. The summed E-state index contributed by atoms with van der Waals surface area (Å²) in [4.78, 5) is 71.9. The predicted molar refractivity (Wildman–Crippen MR) is 401 cm³/mol. The Balaban J connectivity index is 0.000000235. The van der Waals surface area contributed by atoms with E-state index in [-0.39, 0.29) is 204 Å². The first kappa shape index (κ1) is 90.2. The number of rotatable bonds is 18. The van der Waals surface area contributed by atoms with E-state index in [0.717, 1.165) is 0 Å². The van der Waals surface area contributed by atoms with Gasteiger partial charge in [-0.1, -0.05) is 192 Å². The summed E-state index contributed by atoms with van der Waals surface area (Å²) in [5, 5.41) is 98.3. The van der Waals surface area contributed by atoms with E-state index in [9.17, 15) is 59.4 Å². The van der Waals surface area contributed by atoms with E-state index in [0.29, 0.717) is 68.3 Å². The van der Waals surface area contributed by atoms with Crippen molar-refractivity contribution in [2.45, 2.75) is 125 Å². The molecule has 0 saturated carbocycles. The minimum Gasteiger partial charge on any atom is -0.858 e. The largest absolute Gasteiger partial charge is 3.00 e. The molecule has 0 unspecified atom stereocenters. The molecule has 0 atom stereocenters. The van der Waals surface area contributed by atoms with Crippen LogP contribution >= 0.6 is 0 Å². The zero-order valence-electron chi connectivity index (χ0n) is 65.2. The number of aromatic nitrogens is 12. The Morgan fingerprint density at radius 1 is 0.218 bits per heavy atom. The molecule has 0 N–H and O–H groups in total. The molecular formula is C84H90N12O12Y2. The normalized spacial score (nSPS) is 10.7. The SMILES string of the molecule is Cc1nn(-c2ccccc2)c([O-])c1C(=O)C(C)C.Cc1nn(-c2ccccc2)c([O-])c1C(=O)C(C)C.Cc1nn(-c2ccccc2)c([O-])c1C(=O)C(C)C.Cc1nn(-c2ccccc2)c([O-])c1C(=O)C(C)C.Cc1nn(-c2ccccc2)c([O-])c1C(=O)C(C)C.Cc1nn(-c2ccccc2)c([O-])c1C(=O)C(C)C.[Y+3].[Y+3]. The predicted octanol–water partition coefficient (Wildman–Crippen LogP) is 12.6. The molecule has 0 aliphatic heterocycles. The van der Waals surface area contributed by atoms with Gasteiger partial charge in [-0.2, -0.15) is 30.6 Å². The fourth-order valence-electron chi connectivity index (χ4n) is 10.9. The molecule has 564 valence electrons. The summed E-state index contributed by atoms with van der Waals surface area (Å²) < 4.78 is 7.70. The smallest absolute Gasteiger partial charge is 0.858 e. The van der Waals surface area contributed by atoms with Gasteiger partial charge in [-0.25, -0.2) is 28.1 Å². The molecule has 24 nitrogen and oxygen atoms in total. The zero-order valence-corrected chi connectivity index (χ0v) is 70.9. The van der Waals surface area contributed by atoms with E-state index < -0.39 is 0 Å². The van der Waals surface area contributed by atoms with Gasteiger partial charge in [0.1, 0.15) is 0 Å². The third-order valence-electron chi connectivity index (χ3n) is 16.7. The molecule has 6 heterocycles. The van der Waals surface area contributed by atoms with Gasteiger partial charge in [0.2, 0.25) is 0 Å². The number of hydrogen-bond donors (Lipinski definition) is 0.